The van der Waals surface area contributed by atoms with Gasteiger partial charge in [-0.1, -0.05) is 19.9 Å². The zero-order chi connectivity index (χ0) is 12.3. The molecule has 1 saturated heterocycles. The van der Waals surface area contributed by atoms with Gasteiger partial charge in [0.05, 0.1) is 6.04 Å². The second kappa shape index (κ2) is 5.19. The van der Waals surface area contributed by atoms with Crippen LogP contribution in [0.4, 0.5) is 0 Å². The molecule has 0 saturated carbocycles. The monoisotopic (exact) mass is 252 g/mol. The van der Waals surface area contributed by atoms with Crippen LogP contribution in [0.5, 0.6) is 0 Å². The summed E-state index contributed by atoms with van der Waals surface area (Å²) >= 11 is 1.75. The molecule has 1 fully saturated rings. The number of amides is 1. The Morgan fingerprint density at radius 3 is 3.06 bits per heavy atom. The molecule has 1 amide bonds. The molecule has 0 radical (unpaired) electrons. The lowest BCUT2D eigenvalue weighted by molar-refractivity contribution is -0.123. The van der Waals surface area contributed by atoms with Gasteiger partial charge in [-0.25, -0.2) is 0 Å². The van der Waals surface area contributed by atoms with E-state index >= 15 is 0 Å². The van der Waals surface area contributed by atoms with Crippen LogP contribution < -0.4 is 10.6 Å². The minimum absolute atomic E-state index is 0.0163. The van der Waals surface area contributed by atoms with Crippen LogP contribution in [0.25, 0.3) is 0 Å². The van der Waals surface area contributed by atoms with Crippen molar-refractivity contribution in [3.63, 3.8) is 0 Å². The molecule has 0 bridgehead atoms. The molecule has 1 atom stereocenters. The van der Waals surface area contributed by atoms with Gasteiger partial charge >= 0.3 is 0 Å². The first kappa shape index (κ1) is 12.6. The van der Waals surface area contributed by atoms with E-state index in [2.05, 4.69) is 42.0 Å². The van der Waals surface area contributed by atoms with Gasteiger partial charge in [0.1, 0.15) is 0 Å². The molecule has 17 heavy (non-hydrogen) atoms. The number of carbonyl (C=O) groups excluding carboxylic acids is 1. The van der Waals surface area contributed by atoms with Crippen LogP contribution in [0.1, 0.15) is 31.6 Å². The zero-order valence-corrected chi connectivity index (χ0v) is 11.3. The summed E-state index contributed by atoms with van der Waals surface area (Å²) in [5.41, 5.74) is 0.0163. The predicted octanol–water partition coefficient (Wildman–Crippen LogP) is 1.89. The van der Waals surface area contributed by atoms with Crippen LogP contribution in [0, 0.1) is 0 Å². The Morgan fingerprint density at radius 2 is 2.47 bits per heavy atom. The van der Waals surface area contributed by atoms with Gasteiger partial charge in [0, 0.05) is 16.8 Å². The number of thiophene rings is 1. The first-order valence-corrected chi connectivity index (χ1v) is 7.03. The highest BCUT2D eigenvalue weighted by Gasteiger charge is 2.26. The smallest absolute Gasteiger partial charge is 0.237 e. The Balaban J connectivity index is 1.87. The van der Waals surface area contributed by atoms with E-state index in [4.69, 9.17) is 0 Å². The summed E-state index contributed by atoms with van der Waals surface area (Å²) in [4.78, 5) is 13.2. The standard InChI is InChI=1S/C13H20N2OS/c1-13(2,11-6-4-8-17-11)9-15-12(16)10-5-3-7-14-10/h4,6,8,10,14H,3,5,7,9H2,1-2H3,(H,15,16). The van der Waals surface area contributed by atoms with E-state index in [9.17, 15) is 4.79 Å². The highest BCUT2D eigenvalue weighted by Crippen LogP contribution is 2.26. The molecule has 2 heterocycles. The van der Waals surface area contributed by atoms with Crippen LogP contribution in [0.15, 0.2) is 17.5 Å². The summed E-state index contributed by atoms with van der Waals surface area (Å²) in [5.74, 6) is 0.145. The first-order chi connectivity index (χ1) is 8.09. The van der Waals surface area contributed by atoms with Gasteiger partial charge in [-0.05, 0) is 30.8 Å². The van der Waals surface area contributed by atoms with Gasteiger partial charge in [-0.15, -0.1) is 11.3 Å². The quantitative estimate of drug-likeness (QED) is 0.859. The number of nitrogens with one attached hydrogen (secondary N) is 2. The minimum Gasteiger partial charge on any atom is -0.354 e. The largest absolute Gasteiger partial charge is 0.354 e. The molecule has 2 N–H and O–H groups in total. The van der Waals surface area contributed by atoms with Crippen molar-refractivity contribution in [1.29, 1.82) is 0 Å². The van der Waals surface area contributed by atoms with Crippen LogP contribution in [0.2, 0.25) is 0 Å². The molecule has 94 valence electrons. The van der Waals surface area contributed by atoms with Crippen LogP contribution in [-0.2, 0) is 10.2 Å². The van der Waals surface area contributed by atoms with Gasteiger partial charge in [0.2, 0.25) is 5.91 Å². The SMILES string of the molecule is CC(C)(CNC(=O)C1CCCN1)c1cccs1. The molecule has 0 aliphatic carbocycles. The lowest BCUT2D eigenvalue weighted by Crippen LogP contribution is -2.44. The number of carbonyl (C=O) groups is 1. The topological polar surface area (TPSA) is 41.1 Å². The van der Waals surface area contributed by atoms with E-state index in [0.29, 0.717) is 6.54 Å². The average Bonchev–Trinajstić information content (AvgIpc) is 2.97. The van der Waals surface area contributed by atoms with Gasteiger partial charge in [0.25, 0.3) is 0 Å². The molecule has 4 heteroatoms. The average molecular weight is 252 g/mol. The van der Waals surface area contributed by atoms with E-state index in [1.165, 1.54) is 4.88 Å². The zero-order valence-electron chi connectivity index (χ0n) is 10.5. The molecular formula is C13H20N2OS. The lowest BCUT2D eigenvalue weighted by Gasteiger charge is -2.24. The second-order valence-corrected chi connectivity index (χ2v) is 6.18. The van der Waals surface area contributed by atoms with E-state index < -0.39 is 0 Å². The van der Waals surface area contributed by atoms with Crippen LogP contribution in [0.3, 0.4) is 0 Å². The third kappa shape index (κ3) is 3.07. The Kier molecular flexibility index (Phi) is 3.84. The maximum Gasteiger partial charge on any atom is 0.237 e. The molecule has 0 spiro atoms. The fourth-order valence-electron chi connectivity index (χ4n) is 2.09. The Morgan fingerprint density at radius 1 is 1.65 bits per heavy atom. The lowest BCUT2D eigenvalue weighted by atomic mass is 9.91. The molecule has 2 rings (SSSR count). The fourth-order valence-corrected chi connectivity index (χ4v) is 2.94. The fraction of sp³-hybridized carbons (Fsp3) is 0.615. The van der Waals surface area contributed by atoms with E-state index in [0.717, 1.165) is 19.4 Å². The van der Waals surface area contributed by atoms with Crippen molar-refractivity contribution in [2.75, 3.05) is 13.1 Å². The van der Waals surface area contributed by atoms with Crippen LogP contribution >= 0.6 is 11.3 Å². The van der Waals surface area contributed by atoms with E-state index in [1.54, 1.807) is 11.3 Å². The normalized spacial score (nSPS) is 20.5. The summed E-state index contributed by atoms with van der Waals surface area (Å²) in [6.45, 7) is 6.00. The molecule has 1 aliphatic heterocycles. The molecule has 0 aromatic carbocycles. The third-order valence-electron chi connectivity index (χ3n) is 3.27. The maximum absolute atomic E-state index is 11.9. The van der Waals surface area contributed by atoms with Gasteiger partial charge in [0.15, 0.2) is 0 Å². The predicted molar refractivity (Wildman–Crippen MR) is 71.4 cm³/mol. The number of hydrogen-bond donors (Lipinski definition) is 2. The van der Waals surface area contributed by atoms with Gasteiger partial charge in [-0.3, -0.25) is 4.79 Å². The van der Waals surface area contributed by atoms with Crippen molar-refractivity contribution in [3.8, 4) is 0 Å². The van der Waals surface area contributed by atoms with Gasteiger partial charge < -0.3 is 10.6 Å². The van der Waals surface area contributed by atoms with Crippen molar-refractivity contribution in [3.05, 3.63) is 22.4 Å². The van der Waals surface area contributed by atoms with Crippen molar-refractivity contribution >= 4 is 17.2 Å². The Hall–Kier alpha value is -0.870. The van der Waals surface area contributed by atoms with Crippen LogP contribution in [-0.4, -0.2) is 25.0 Å². The first-order valence-electron chi connectivity index (χ1n) is 6.15. The summed E-state index contributed by atoms with van der Waals surface area (Å²) in [6, 6.07) is 4.21. The number of hydrogen-bond acceptors (Lipinski definition) is 3. The number of rotatable bonds is 4. The molecule has 3 nitrogen and oxygen atoms in total. The maximum atomic E-state index is 11.9. The van der Waals surface area contributed by atoms with Gasteiger partial charge in [-0.2, -0.15) is 0 Å². The Labute approximate surface area is 107 Å². The summed E-state index contributed by atoms with van der Waals surface area (Å²) in [5, 5.41) is 8.36. The molecule has 1 aromatic rings. The molecular weight excluding hydrogens is 232 g/mol. The molecule has 1 unspecified atom stereocenters. The third-order valence-corrected chi connectivity index (χ3v) is 4.51. The molecule has 1 aliphatic rings. The van der Waals surface area contributed by atoms with Crippen molar-refractivity contribution < 1.29 is 4.79 Å². The second-order valence-electron chi connectivity index (χ2n) is 5.23. The highest BCUT2D eigenvalue weighted by molar-refractivity contribution is 7.10. The minimum atomic E-state index is 0.0163. The van der Waals surface area contributed by atoms with E-state index in [-0.39, 0.29) is 17.4 Å². The highest BCUT2D eigenvalue weighted by atomic mass is 32.1. The van der Waals surface area contributed by atoms with Crippen molar-refractivity contribution in [2.45, 2.75) is 38.1 Å². The van der Waals surface area contributed by atoms with Crippen molar-refractivity contribution in [2.24, 2.45) is 0 Å². The summed E-state index contributed by atoms with van der Waals surface area (Å²) < 4.78 is 0. The van der Waals surface area contributed by atoms with E-state index in [1.807, 2.05) is 0 Å². The Bertz CT molecular complexity index is 367. The van der Waals surface area contributed by atoms with Crippen molar-refractivity contribution in [1.82, 2.24) is 10.6 Å². The summed E-state index contributed by atoms with van der Waals surface area (Å²) in [7, 11) is 0. The molecule has 1 aromatic heterocycles. The summed E-state index contributed by atoms with van der Waals surface area (Å²) in [6.07, 6.45) is 2.07.